The molecule has 0 unspecified atom stereocenters. The van der Waals surface area contributed by atoms with Gasteiger partial charge in [0.05, 0.1) is 41.2 Å². The van der Waals surface area contributed by atoms with Gasteiger partial charge in [-0.3, -0.25) is 9.59 Å². The molecule has 3 aromatic carbocycles. The first-order valence-corrected chi connectivity index (χ1v) is 11.5. The van der Waals surface area contributed by atoms with Crippen LogP contribution in [-0.2, 0) is 4.79 Å². The van der Waals surface area contributed by atoms with Crippen LogP contribution in [0, 0.1) is 0 Å². The highest BCUT2D eigenvalue weighted by Crippen LogP contribution is 2.39. The Morgan fingerprint density at radius 3 is 1.97 bits per heavy atom. The van der Waals surface area contributed by atoms with E-state index in [1.807, 2.05) is 0 Å². The van der Waals surface area contributed by atoms with E-state index in [1.165, 1.54) is 34.5 Å². The molecule has 1 N–H and O–H groups in total. The van der Waals surface area contributed by atoms with Crippen molar-refractivity contribution in [3.63, 3.8) is 0 Å². The van der Waals surface area contributed by atoms with E-state index in [0.29, 0.717) is 44.5 Å². The van der Waals surface area contributed by atoms with E-state index in [0.717, 1.165) is 5.56 Å². The molecule has 188 valence electrons. The molecular weight excluding hydrogens is 530 g/mol. The molecule has 0 aliphatic carbocycles. The number of carbonyl (C=O) groups excluding carboxylic acids is 2. The lowest BCUT2D eigenvalue weighted by molar-refractivity contribution is -0.111. The maximum atomic E-state index is 13.5. The van der Waals surface area contributed by atoms with E-state index in [-0.39, 0.29) is 11.3 Å². The molecule has 8 nitrogen and oxygen atoms in total. The van der Waals surface area contributed by atoms with Crippen molar-refractivity contribution in [3.05, 3.63) is 75.8 Å². The number of hydrogen-bond acceptors (Lipinski definition) is 7. The zero-order chi connectivity index (χ0) is 26.2. The molecule has 0 aliphatic heterocycles. The summed E-state index contributed by atoms with van der Waals surface area (Å²) in [5.74, 6) is 1.45. The Morgan fingerprint density at radius 2 is 1.39 bits per heavy atom. The highest BCUT2D eigenvalue weighted by Gasteiger charge is 2.21. The van der Waals surface area contributed by atoms with Crippen LogP contribution in [0.3, 0.4) is 0 Å². The van der Waals surface area contributed by atoms with Gasteiger partial charge in [-0.2, -0.15) is 0 Å². The molecule has 0 radical (unpaired) electrons. The minimum Gasteiger partial charge on any atom is -0.493 e. The van der Waals surface area contributed by atoms with Crippen LogP contribution in [0.15, 0.2) is 59.1 Å². The van der Waals surface area contributed by atoms with Crippen LogP contribution in [0.1, 0.15) is 21.5 Å². The number of benzene rings is 3. The molecule has 3 aromatic rings. The summed E-state index contributed by atoms with van der Waals surface area (Å²) in [7, 11) is 7.52. The second kappa shape index (κ2) is 12.1. The SMILES string of the molecule is COc1ccc(C=CC(=O)Nc2ccc(Br)cc2C(=O)c2cc(OC)c(OC)c(OC)c2)cc1OC. The van der Waals surface area contributed by atoms with Gasteiger partial charge in [-0.1, -0.05) is 22.0 Å². The van der Waals surface area contributed by atoms with Crippen molar-refractivity contribution in [3.8, 4) is 28.7 Å². The van der Waals surface area contributed by atoms with Crippen molar-refractivity contribution < 1.29 is 33.3 Å². The standard InChI is InChI=1S/C27H26BrNO7/c1-32-21-10-6-16(12-22(21)33-2)7-11-25(30)29-20-9-8-18(28)15-19(20)26(31)17-13-23(34-3)27(36-5)24(14-17)35-4/h6-15H,1-5H3,(H,29,30). The van der Waals surface area contributed by atoms with Crippen molar-refractivity contribution >= 4 is 39.4 Å². The summed E-state index contributed by atoms with van der Waals surface area (Å²) in [6, 6.07) is 13.4. The quantitative estimate of drug-likeness (QED) is 0.265. The van der Waals surface area contributed by atoms with Crippen LogP contribution in [0.5, 0.6) is 28.7 Å². The van der Waals surface area contributed by atoms with Crippen molar-refractivity contribution in [2.24, 2.45) is 0 Å². The number of ether oxygens (including phenoxy) is 5. The van der Waals surface area contributed by atoms with Gasteiger partial charge in [0.1, 0.15) is 0 Å². The third-order valence-electron chi connectivity index (χ3n) is 5.25. The molecule has 0 bridgehead atoms. The van der Waals surface area contributed by atoms with E-state index in [9.17, 15) is 9.59 Å². The Kier molecular flexibility index (Phi) is 8.97. The third-order valence-corrected chi connectivity index (χ3v) is 5.74. The number of amides is 1. The van der Waals surface area contributed by atoms with Crippen LogP contribution < -0.4 is 29.0 Å². The van der Waals surface area contributed by atoms with Crippen molar-refractivity contribution in [1.82, 2.24) is 0 Å². The normalized spacial score (nSPS) is 10.6. The smallest absolute Gasteiger partial charge is 0.248 e. The van der Waals surface area contributed by atoms with E-state index < -0.39 is 5.91 Å². The molecule has 0 fully saturated rings. The highest BCUT2D eigenvalue weighted by molar-refractivity contribution is 9.10. The summed E-state index contributed by atoms with van der Waals surface area (Å²) < 4.78 is 27.3. The Balaban J connectivity index is 1.90. The second-order valence-electron chi connectivity index (χ2n) is 7.37. The van der Waals surface area contributed by atoms with Gasteiger partial charge in [0.25, 0.3) is 0 Å². The molecule has 0 aliphatic rings. The average molecular weight is 556 g/mol. The first kappa shape index (κ1) is 26.6. The van der Waals surface area contributed by atoms with E-state index >= 15 is 0 Å². The maximum Gasteiger partial charge on any atom is 0.248 e. The predicted octanol–water partition coefficient (Wildman–Crippen LogP) is 5.38. The first-order chi connectivity index (χ1) is 17.3. The summed E-state index contributed by atoms with van der Waals surface area (Å²) >= 11 is 3.40. The lowest BCUT2D eigenvalue weighted by atomic mass is 10.0. The van der Waals surface area contributed by atoms with Crippen molar-refractivity contribution in [2.45, 2.75) is 0 Å². The molecule has 0 heterocycles. The summed E-state index contributed by atoms with van der Waals surface area (Å²) in [6.45, 7) is 0. The van der Waals surface area contributed by atoms with Gasteiger partial charge in [0, 0.05) is 21.7 Å². The number of ketones is 1. The fourth-order valence-electron chi connectivity index (χ4n) is 3.48. The fraction of sp³-hybridized carbons (Fsp3) is 0.185. The van der Waals surface area contributed by atoms with E-state index in [1.54, 1.807) is 61.7 Å². The largest absolute Gasteiger partial charge is 0.493 e. The topological polar surface area (TPSA) is 92.3 Å². The zero-order valence-corrected chi connectivity index (χ0v) is 22.1. The zero-order valence-electron chi connectivity index (χ0n) is 20.5. The molecular formula is C27H26BrNO7. The summed E-state index contributed by atoms with van der Waals surface area (Å²) in [5.41, 5.74) is 1.68. The van der Waals surface area contributed by atoms with Gasteiger partial charge >= 0.3 is 0 Å². The predicted molar refractivity (Wildman–Crippen MR) is 141 cm³/mol. The first-order valence-electron chi connectivity index (χ1n) is 10.7. The van der Waals surface area contributed by atoms with Crippen LogP contribution >= 0.6 is 15.9 Å². The minimum absolute atomic E-state index is 0.284. The Bertz CT molecular complexity index is 1280. The lowest BCUT2D eigenvalue weighted by Gasteiger charge is -2.15. The molecule has 0 aromatic heterocycles. The Labute approximate surface area is 217 Å². The highest BCUT2D eigenvalue weighted by atomic mass is 79.9. The second-order valence-corrected chi connectivity index (χ2v) is 8.29. The number of hydrogen-bond donors (Lipinski definition) is 1. The van der Waals surface area contributed by atoms with Gasteiger partial charge in [-0.15, -0.1) is 0 Å². The Hall–Kier alpha value is -3.98. The van der Waals surface area contributed by atoms with Crippen LogP contribution in [0.25, 0.3) is 6.08 Å². The molecule has 36 heavy (non-hydrogen) atoms. The van der Waals surface area contributed by atoms with Gasteiger partial charge in [-0.05, 0) is 54.1 Å². The van der Waals surface area contributed by atoms with E-state index in [2.05, 4.69) is 21.2 Å². The number of rotatable bonds is 10. The maximum absolute atomic E-state index is 13.5. The van der Waals surface area contributed by atoms with Crippen molar-refractivity contribution in [1.29, 1.82) is 0 Å². The van der Waals surface area contributed by atoms with Gasteiger partial charge < -0.3 is 29.0 Å². The molecule has 0 spiro atoms. The van der Waals surface area contributed by atoms with Crippen molar-refractivity contribution in [2.75, 3.05) is 40.9 Å². The molecule has 0 saturated heterocycles. The summed E-state index contributed by atoms with van der Waals surface area (Å²) in [5, 5.41) is 2.78. The number of anilines is 1. The summed E-state index contributed by atoms with van der Waals surface area (Å²) in [6.07, 6.45) is 3.01. The molecule has 3 rings (SSSR count). The van der Waals surface area contributed by atoms with Crippen LogP contribution in [0.4, 0.5) is 5.69 Å². The number of halogens is 1. The fourth-order valence-corrected chi connectivity index (χ4v) is 3.84. The Morgan fingerprint density at radius 1 is 0.750 bits per heavy atom. The number of carbonyl (C=O) groups is 2. The number of methoxy groups -OCH3 is 5. The van der Waals surface area contributed by atoms with E-state index in [4.69, 9.17) is 23.7 Å². The van der Waals surface area contributed by atoms with Gasteiger partial charge in [-0.25, -0.2) is 0 Å². The van der Waals surface area contributed by atoms with Crippen LogP contribution in [0.2, 0.25) is 0 Å². The van der Waals surface area contributed by atoms with Gasteiger partial charge in [0.2, 0.25) is 11.7 Å². The molecule has 0 saturated carbocycles. The lowest BCUT2D eigenvalue weighted by Crippen LogP contribution is -2.13. The van der Waals surface area contributed by atoms with Crippen LogP contribution in [-0.4, -0.2) is 47.2 Å². The van der Waals surface area contributed by atoms with Gasteiger partial charge in [0.15, 0.2) is 28.8 Å². The molecule has 1 amide bonds. The summed E-state index contributed by atoms with van der Waals surface area (Å²) in [4.78, 5) is 26.2. The monoisotopic (exact) mass is 555 g/mol. The third kappa shape index (κ3) is 5.98. The number of nitrogens with one attached hydrogen (secondary N) is 1. The molecule has 9 heteroatoms. The average Bonchev–Trinajstić information content (AvgIpc) is 2.91. The molecule has 0 atom stereocenters. The minimum atomic E-state index is -0.411.